The van der Waals surface area contributed by atoms with Crippen LogP contribution in [0.1, 0.15) is 26.7 Å². The van der Waals surface area contributed by atoms with Gasteiger partial charge in [-0.1, -0.05) is 26.3 Å². The molecule has 1 N–H and O–H groups in total. The summed E-state index contributed by atoms with van der Waals surface area (Å²) in [6.45, 7) is 5.27. The molecule has 3 heteroatoms. The van der Waals surface area contributed by atoms with E-state index in [1.807, 2.05) is 6.92 Å². The van der Waals surface area contributed by atoms with Gasteiger partial charge in [0, 0.05) is 6.08 Å². The molecule has 0 aliphatic carbocycles. The van der Waals surface area contributed by atoms with Gasteiger partial charge in [0.1, 0.15) is 0 Å². The smallest absolute Gasteiger partial charge is 0.327 e. The van der Waals surface area contributed by atoms with Gasteiger partial charge < -0.3 is 10.0 Å². The van der Waals surface area contributed by atoms with Gasteiger partial charge in [0.2, 0.25) is 0 Å². The third-order valence-corrected chi connectivity index (χ3v) is 1.35. The maximum Gasteiger partial charge on any atom is 0.327 e. The normalized spacial score (nSPS) is 9.92. The van der Waals surface area contributed by atoms with Crippen molar-refractivity contribution < 1.29 is 9.90 Å². The SMILES string of the molecule is CCCC=CC(=O)O.CCN(C)C. The number of nitrogens with zero attached hydrogens (tertiary/aromatic N) is 1. The van der Waals surface area contributed by atoms with Crippen LogP contribution in [0.3, 0.4) is 0 Å². The molecule has 0 atom stereocenters. The van der Waals surface area contributed by atoms with Crippen LogP contribution in [0.5, 0.6) is 0 Å². The Bertz CT molecular complexity index is 142. The van der Waals surface area contributed by atoms with E-state index in [1.165, 1.54) is 6.08 Å². The van der Waals surface area contributed by atoms with Crippen LogP contribution in [0.2, 0.25) is 0 Å². The third-order valence-electron chi connectivity index (χ3n) is 1.35. The molecule has 0 spiro atoms. The first-order valence-corrected chi connectivity index (χ1v) is 4.58. The van der Waals surface area contributed by atoms with Crippen LogP contribution in [-0.2, 0) is 4.79 Å². The van der Waals surface area contributed by atoms with Crippen molar-refractivity contribution in [2.24, 2.45) is 0 Å². The van der Waals surface area contributed by atoms with E-state index in [4.69, 9.17) is 5.11 Å². The molecule has 0 saturated heterocycles. The molecular weight excluding hydrogens is 166 g/mol. The van der Waals surface area contributed by atoms with E-state index >= 15 is 0 Å². The monoisotopic (exact) mass is 187 g/mol. The Morgan fingerprint density at radius 1 is 1.38 bits per heavy atom. The summed E-state index contributed by atoms with van der Waals surface area (Å²) >= 11 is 0. The fraction of sp³-hybridized carbons (Fsp3) is 0.700. The summed E-state index contributed by atoms with van der Waals surface area (Å²) in [7, 11) is 4.11. The maximum atomic E-state index is 9.79. The number of unbranched alkanes of at least 4 members (excludes halogenated alkanes) is 1. The lowest BCUT2D eigenvalue weighted by Crippen LogP contribution is -2.08. The standard InChI is InChI=1S/C6H10O2.C4H11N/c1-2-3-4-5-6(7)8;1-4-5(2)3/h4-5H,2-3H2,1H3,(H,7,8);4H2,1-3H3. The molecule has 0 aliphatic heterocycles. The molecule has 0 aliphatic rings. The number of carbonyl (C=O) groups is 1. The minimum Gasteiger partial charge on any atom is -0.478 e. The molecule has 0 aromatic heterocycles. The van der Waals surface area contributed by atoms with Crippen LogP contribution in [0, 0.1) is 0 Å². The van der Waals surface area contributed by atoms with Crippen LogP contribution in [-0.4, -0.2) is 36.6 Å². The highest BCUT2D eigenvalue weighted by atomic mass is 16.4. The van der Waals surface area contributed by atoms with Crippen molar-refractivity contribution in [3.63, 3.8) is 0 Å². The number of carboxylic acid groups (broad SMARTS) is 1. The summed E-state index contributed by atoms with van der Waals surface area (Å²) < 4.78 is 0. The lowest BCUT2D eigenvalue weighted by molar-refractivity contribution is -0.131. The number of hydrogen-bond acceptors (Lipinski definition) is 2. The first-order chi connectivity index (χ1) is 6.04. The molecule has 0 radical (unpaired) electrons. The predicted octanol–water partition coefficient (Wildman–Crippen LogP) is 2.00. The molecule has 0 bridgehead atoms. The third kappa shape index (κ3) is 24.7. The molecule has 0 saturated carbocycles. The lowest BCUT2D eigenvalue weighted by Gasteiger charge is -2.00. The zero-order chi connectivity index (χ0) is 10.7. The van der Waals surface area contributed by atoms with Gasteiger partial charge in [-0.15, -0.1) is 0 Å². The van der Waals surface area contributed by atoms with Crippen molar-refractivity contribution in [2.75, 3.05) is 20.6 Å². The molecule has 0 unspecified atom stereocenters. The van der Waals surface area contributed by atoms with Gasteiger partial charge in [-0.25, -0.2) is 4.79 Å². The summed E-state index contributed by atoms with van der Waals surface area (Å²) in [6.07, 6.45) is 4.68. The topological polar surface area (TPSA) is 40.5 Å². The van der Waals surface area contributed by atoms with Crippen LogP contribution in [0.4, 0.5) is 0 Å². The van der Waals surface area contributed by atoms with Crippen LogP contribution < -0.4 is 0 Å². The minimum absolute atomic E-state index is 0.853. The van der Waals surface area contributed by atoms with Crippen molar-refractivity contribution in [3.8, 4) is 0 Å². The van der Waals surface area contributed by atoms with Gasteiger partial charge in [-0.05, 0) is 27.1 Å². The summed E-state index contributed by atoms with van der Waals surface area (Å²) in [4.78, 5) is 11.9. The van der Waals surface area contributed by atoms with E-state index in [-0.39, 0.29) is 0 Å². The molecule has 78 valence electrons. The fourth-order valence-electron chi connectivity index (χ4n) is 0.351. The molecule has 0 rings (SSSR count). The largest absolute Gasteiger partial charge is 0.478 e. The number of rotatable bonds is 4. The Kier molecular flexibility index (Phi) is 12.6. The molecule has 0 amide bonds. The second-order valence-corrected chi connectivity index (χ2v) is 2.93. The van der Waals surface area contributed by atoms with Crippen molar-refractivity contribution in [2.45, 2.75) is 26.7 Å². The van der Waals surface area contributed by atoms with Crippen LogP contribution in [0.15, 0.2) is 12.2 Å². The van der Waals surface area contributed by atoms with Crippen LogP contribution >= 0.6 is 0 Å². The Balaban J connectivity index is 0. The molecular formula is C10H21NO2. The highest BCUT2D eigenvalue weighted by Crippen LogP contribution is 1.86. The molecule has 0 fully saturated rings. The quantitative estimate of drug-likeness (QED) is 0.684. The van der Waals surface area contributed by atoms with Gasteiger partial charge in [-0.3, -0.25) is 0 Å². The van der Waals surface area contributed by atoms with Gasteiger partial charge >= 0.3 is 5.97 Å². The Labute approximate surface area is 81.1 Å². The fourth-order valence-corrected chi connectivity index (χ4v) is 0.351. The number of carboxylic acids is 1. The van der Waals surface area contributed by atoms with E-state index in [0.717, 1.165) is 19.4 Å². The molecule has 3 nitrogen and oxygen atoms in total. The van der Waals surface area contributed by atoms with Crippen molar-refractivity contribution in [3.05, 3.63) is 12.2 Å². The second kappa shape index (κ2) is 11.2. The van der Waals surface area contributed by atoms with E-state index in [1.54, 1.807) is 6.08 Å². The van der Waals surface area contributed by atoms with Crippen molar-refractivity contribution >= 4 is 5.97 Å². The Hall–Kier alpha value is -0.830. The molecule has 0 heterocycles. The number of aliphatic carboxylic acids is 1. The summed E-state index contributed by atoms with van der Waals surface area (Å²) in [5, 5.41) is 8.05. The van der Waals surface area contributed by atoms with E-state index in [0.29, 0.717) is 0 Å². The van der Waals surface area contributed by atoms with Crippen molar-refractivity contribution in [1.82, 2.24) is 4.90 Å². The maximum absolute atomic E-state index is 9.79. The number of allylic oxidation sites excluding steroid dienone is 1. The first-order valence-electron chi connectivity index (χ1n) is 4.58. The van der Waals surface area contributed by atoms with E-state index in [9.17, 15) is 4.79 Å². The van der Waals surface area contributed by atoms with Crippen LogP contribution in [0.25, 0.3) is 0 Å². The highest BCUT2D eigenvalue weighted by Gasteiger charge is 1.81. The first kappa shape index (κ1) is 14.7. The summed E-state index contributed by atoms with van der Waals surface area (Å²) in [5.74, 6) is -0.863. The molecule has 0 aromatic rings. The Morgan fingerprint density at radius 2 is 1.85 bits per heavy atom. The average molecular weight is 187 g/mol. The average Bonchev–Trinajstić information content (AvgIpc) is 2.05. The molecule has 13 heavy (non-hydrogen) atoms. The summed E-state index contributed by atoms with van der Waals surface area (Å²) in [6, 6.07) is 0. The van der Waals surface area contributed by atoms with Crippen molar-refractivity contribution in [1.29, 1.82) is 0 Å². The Morgan fingerprint density at radius 3 is 2.08 bits per heavy atom. The zero-order valence-electron chi connectivity index (χ0n) is 9.08. The predicted molar refractivity (Wildman–Crippen MR) is 55.9 cm³/mol. The van der Waals surface area contributed by atoms with E-state index < -0.39 is 5.97 Å². The second-order valence-electron chi connectivity index (χ2n) is 2.93. The van der Waals surface area contributed by atoms with Gasteiger partial charge in [0.15, 0.2) is 0 Å². The van der Waals surface area contributed by atoms with Gasteiger partial charge in [-0.2, -0.15) is 0 Å². The van der Waals surface area contributed by atoms with E-state index in [2.05, 4.69) is 25.9 Å². The molecule has 0 aromatic carbocycles. The highest BCUT2D eigenvalue weighted by molar-refractivity contribution is 5.79. The minimum atomic E-state index is -0.863. The van der Waals surface area contributed by atoms with Gasteiger partial charge in [0.05, 0.1) is 0 Å². The lowest BCUT2D eigenvalue weighted by atomic mass is 10.3. The summed E-state index contributed by atoms with van der Waals surface area (Å²) in [5.41, 5.74) is 0. The number of hydrogen-bond donors (Lipinski definition) is 1. The van der Waals surface area contributed by atoms with Gasteiger partial charge in [0.25, 0.3) is 0 Å². The zero-order valence-corrected chi connectivity index (χ0v) is 9.08.